The summed E-state index contributed by atoms with van der Waals surface area (Å²) in [6.45, 7) is 0. The van der Waals surface area contributed by atoms with Crippen molar-refractivity contribution in [2.45, 2.75) is 0 Å². The first-order valence-electron chi connectivity index (χ1n) is 25.7. The Balaban J connectivity index is 0.957. The molecule has 75 heavy (non-hydrogen) atoms. The van der Waals surface area contributed by atoms with Crippen LogP contribution in [0.2, 0.25) is 0 Å². The second-order valence-electron chi connectivity index (χ2n) is 19.7. The van der Waals surface area contributed by atoms with E-state index in [9.17, 15) is 0 Å². The maximum absolute atomic E-state index is 2.51. The zero-order valence-electron chi connectivity index (χ0n) is 40.9. The first-order valence-corrected chi connectivity index (χ1v) is 26.5. The van der Waals surface area contributed by atoms with Gasteiger partial charge in [0.05, 0.1) is 22.1 Å². The molecule has 0 radical (unpaired) electrons. The third-order valence-corrected chi connectivity index (χ3v) is 16.5. The molecule has 0 amide bonds. The van der Waals surface area contributed by atoms with E-state index < -0.39 is 0 Å². The highest BCUT2D eigenvalue weighted by atomic mass is 32.1. The van der Waals surface area contributed by atoms with Crippen LogP contribution in [0.4, 0.5) is 0 Å². The lowest BCUT2D eigenvalue weighted by Crippen LogP contribution is -1.95. The molecule has 15 rings (SSSR count). The van der Waals surface area contributed by atoms with Gasteiger partial charge in [-0.3, -0.25) is 0 Å². The van der Waals surface area contributed by atoms with Gasteiger partial charge in [0.2, 0.25) is 0 Å². The molecule has 12 aromatic carbocycles. The van der Waals surface area contributed by atoms with Gasteiger partial charge in [0.15, 0.2) is 0 Å². The van der Waals surface area contributed by atoms with E-state index in [0.29, 0.717) is 0 Å². The van der Waals surface area contributed by atoms with Crippen LogP contribution >= 0.6 is 11.3 Å². The van der Waals surface area contributed by atoms with Crippen molar-refractivity contribution in [1.29, 1.82) is 0 Å². The van der Waals surface area contributed by atoms with Gasteiger partial charge in [-0.05, 0) is 146 Å². The third kappa shape index (κ3) is 7.31. The van der Waals surface area contributed by atoms with Crippen molar-refractivity contribution in [2.24, 2.45) is 0 Å². The minimum atomic E-state index is 1.14. The van der Waals surface area contributed by atoms with E-state index in [1.54, 1.807) is 0 Å². The first-order chi connectivity index (χ1) is 37.2. The van der Waals surface area contributed by atoms with Crippen molar-refractivity contribution >= 4 is 75.1 Å². The fraction of sp³-hybridized carbons (Fsp3) is 0. The Bertz CT molecular complexity index is 4650. The summed E-state index contributed by atoms with van der Waals surface area (Å²) < 4.78 is 7.49. The molecule has 3 heterocycles. The zero-order valence-corrected chi connectivity index (χ0v) is 41.7. The van der Waals surface area contributed by atoms with Crippen molar-refractivity contribution in [2.75, 3.05) is 0 Å². The number of para-hydroxylation sites is 1. The topological polar surface area (TPSA) is 9.86 Å². The highest BCUT2D eigenvalue weighted by Crippen LogP contribution is 2.46. The van der Waals surface area contributed by atoms with E-state index >= 15 is 0 Å². The van der Waals surface area contributed by atoms with Crippen molar-refractivity contribution in [3.63, 3.8) is 0 Å². The van der Waals surface area contributed by atoms with Crippen molar-refractivity contribution in [1.82, 2.24) is 9.13 Å². The monoisotopic (exact) mass is 970 g/mol. The van der Waals surface area contributed by atoms with Crippen LogP contribution in [0, 0.1) is 0 Å². The third-order valence-electron chi connectivity index (χ3n) is 15.3. The van der Waals surface area contributed by atoms with E-state index in [4.69, 9.17) is 0 Å². The highest BCUT2D eigenvalue weighted by molar-refractivity contribution is 7.26. The maximum Gasteiger partial charge on any atom is 0.0541 e. The molecule has 0 aliphatic carbocycles. The second-order valence-corrected chi connectivity index (χ2v) is 20.7. The molecular formula is C72H46N2S. The summed E-state index contributed by atoms with van der Waals surface area (Å²) in [5.41, 5.74) is 21.5. The number of hydrogen-bond donors (Lipinski definition) is 0. The van der Waals surface area contributed by atoms with Crippen LogP contribution in [0.25, 0.3) is 142 Å². The van der Waals surface area contributed by atoms with E-state index in [-0.39, 0.29) is 0 Å². The summed E-state index contributed by atoms with van der Waals surface area (Å²) in [6, 6.07) is 103. The Kier molecular flexibility index (Phi) is 10.1. The Morgan fingerprint density at radius 2 is 0.533 bits per heavy atom. The molecule has 0 N–H and O–H groups in total. The number of benzene rings is 12. The minimum absolute atomic E-state index is 1.14. The average Bonchev–Trinajstić information content (AvgIpc) is 4.20. The number of thiophene rings is 1. The van der Waals surface area contributed by atoms with Crippen LogP contribution in [0.1, 0.15) is 0 Å². The SMILES string of the molecule is c1ccc(-c2ccc(-c3cc(-n4c5ccc(-c6ccccc6)cc5c5cc(-c6ccc7c(c6)c6cc(-c8ccccc8)ccc6n7-c6ccccc6)ccc54)cc4c3sc3ccc(-c5ccccc5)cc34)cc2)cc1. The number of nitrogens with zero attached hydrogens (tertiary/aromatic N) is 2. The Labute approximate surface area is 438 Å². The number of fused-ring (bicyclic) bond motifs is 9. The Morgan fingerprint density at radius 3 is 0.973 bits per heavy atom. The highest BCUT2D eigenvalue weighted by Gasteiger charge is 2.21. The number of aromatic nitrogens is 2. The van der Waals surface area contributed by atoms with Crippen molar-refractivity contribution in [3.05, 3.63) is 279 Å². The lowest BCUT2D eigenvalue weighted by atomic mass is 9.97. The minimum Gasteiger partial charge on any atom is -0.309 e. The molecule has 0 atom stereocenters. The van der Waals surface area contributed by atoms with Gasteiger partial charge in [-0.1, -0.05) is 194 Å². The lowest BCUT2D eigenvalue weighted by molar-refractivity contribution is 1.18. The summed E-state index contributed by atoms with van der Waals surface area (Å²) in [5.74, 6) is 0. The molecule has 0 aliphatic heterocycles. The van der Waals surface area contributed by atoms with E-state index in [2.05, 4.69) is 288 Å². The van der Waals surface area contributed by atoms with Gasteiger partial charge < -0.3 is 9.13 Å². The lowest BCUT2D eigenvalue weighted by Gasteiger charge is -2.13. The average molecular weight is 971 g/mol. The van der Waals surface area contributed by atoms with Crippen molar-refractivity contribution < 1.29 is 0 Å². The fourth-order valence-corrected chi connectivity index (χ4v) is 12.8. The molecule has 0 unspecified atom stereocenters. The normalized spacial score (nSPS) is 11.7. The van der Waals surface area contributed by atoms with Gasteiger partial charge in [0.1, 0.15) is 0 Å². The molecule has 0 fully saturated rings. The quantitative estimate of drug-likeness (QED) is 0.144. The fourth-order valence-electron chi connectivity index (χ4n) is 11.6. The van der Waals surface area contributed by atoms with Gasteiger partial charge in [-0.25, -0.2) is 0 Å². The Hall–Kier alpha value is -9.54. The molecule has 0 aliphatic rings. The van der Waals surface area contributed by atoms with Gasteiger partial charge in [0.25, 0.3) is 0 Å². The van der Waals surface area contributed by atoms with Crippen LogP contribution in [-0.2, 0) is 0 Å². The molecule has 0 bridgehead atoms. The van der Waals surface area contributed by atoms with Gasteiger partial charge in [-0.15, -0.1) is 11.3 Å². The van der Waals surface area contributed by atoms with E-state index in [0.717, 1.165) is 11.4 Å². The summed E-state index contributed by atoms with van der Waals surface area (Å²) in [4.78, 5) is 0. The van der Waals surface area contributed by atoms with E-state index in [1.165, 1.54) is 131 Å². The molecule has 3 aromatic heterocycles. The van der Waals surface area contributed by atoms with Crippen LogP contribution in [0.3, 0.4) is 0 Å². The van der Waals surface area contributed by atoms with Crippen LogP contribution in [0.15, 0.2) is 279 Å². The predicted octanol–water partition coefficient (Wildman–Crippen LogP) is 20.3. The molecule has 0 spiro atoms. The molecule has 2 nitrogen and oxygen atoms in total. The first kappa shape index (κ1) is 43.1. The summed E-state index contributed by atoms with van der Waals surface area (Å²) in [6.07, 6.45) is 0. The van der Waals surface area contributed by atoms with Crippen LogP contribution < -0.4 is 0 Å². The van der Waals surface area contributed by atoms with Gasteiger partial charge in [0, 0.05) is 58.7 Å². The molecule has 0 saturated carbocycles. The van der Waals surface area contributed by atoms with Gasteiger partial charge >= 0.3 is 0 Å². The zero-order chi connectivity index (χ0) is 49.4. The Morgan fingerprint density at radius 1 is 0.213 bits per heavy atom. The van der Waals surface area contributed by atoms with Crippen LogP contribution in [-0.4, -0.2) is 9.13 Å². The van der Waals surface area contributed by atoms with Crippen LogP contribution in [0.5, 0.6) is 0 Å². The summed E-state index contributed by atoms with van der Waals surface area (Å²) in [5, 5.41) is 7.44. The standard InChI is InChI=1S/C72H46N2S/c1-6-16-47(17-7-1)51-26-28-52(29-27-51)60-45-59(46-66-65-44-55(50-22-12-4-13-23-50)34-39-71(65)75-72(60)66)74-69-36-31-54(49-20-10-3-11-21-49)41-62(69)64-43-57(33-38-70(64)74)56-32-37-68-63(42-56)61-40-53(48-18-8-2-9-19-48)30-35-67(61)73(68)58-24-14-5-15-25-58/h1-46H. The summed E-state index contributed by atoms with van der Waals surface area (Å²) >= 11 is 1.89. The molecule has 0 saturated heterocycles. The van der Waals surface area contributed by atoms with Crippen molar-refractivity contribution in [3.8, 4) is 78.1 Å². The maximum atomic E-state index is 2.51. The van der Waals surface area contributed by atoms with Gasteiger partial charge in [-0.2, -0.15) is 0 Å². The molecular weight excluding hydrogens is 925 g/mol. The molecule has 350 valence electrons. The predicted molar refractivity (Wildman–Crippen MR) is 321 cm³/mol. The summed E-state index contributed by atoms with van der Waals surface area (Å²) in [7, 11) is 0. The number of rotatable bonds is 8. The largest absolute Gasteiger partial charge is 0.309 e. The second kappa shape index (κ2) is 17.6. The smallest absolute Gasteiger partial charge is 0.0541 e. The number of hydrogen-bond acceptors (Lipinski definition) is 1. The molecule has 15 aromatic rings. The molecule has 3 heteroatoms. The van der Waals surface area contributed by atoms with E-state index in [1.807, 2.05) is 11.3 Å².